The summed E-state index contributed by atoms with van der Waals surface area (Å²) < 4.78 is 0.222. The Bertz CT molecular complexity index is 409. The quantitative estimate of drug-likeness (QED) is 0.873. The molecule has 0 fully saturated rings. The van der Waals surface area contributed by atoms with Gasteiger partial charge in [0, 0.05) is 6.54 Å². The summed E-state index contributed by atoms with van der Waals surface area (Å²) in [6, 6.07) is 2.08. The molecule has 0 aliphatic heterocycles. The van der Waals surface area contributed by atoms with Crippen molar-refractivity contribution in [2.75, 3.05) is 6.54 Å². The van der Waals surface area contributed by atoms with Gasteiger partial charge in [0.1, 0.15) is 0 Å². The molecule has 0 unspecified atom stereocenters. The van der Waals surface area contributed by atoms with Crippen LogP contribution in [-0.2, 0) is 0 Å². The molecule has 0 radical (unpaired) electrons. The molecule has 1 N–H and O–H groups in total. The van der Waals surface area contributed by atoms with Crippen molar-refractivity contribution >= 4 is 28.8 Å². The first kappa shape index (κ1) is 11.9. The smallest absolute Gasteiger partial charge is 0.282 e. The number of aromatic nitrogens is 2. The van der Waals surface area contributed by atoms with Gasteiger partial charge in [-0.25, -0.2) is 0 Å². The van der Waals surface area contributed by atoms with Gasteiger partial charge in [0.05, 0.1) is 11.5 Å². The third-order valence-corrected chi connectivity index (χ3v) is 2.61. The first-order valence-corrected chi connectivity index (χ1v) is 5.32. The van der Waals surface area contributed by atoms with Crippen LogP contribution in [-0.4, -0.2) is 22.6 Å². The van der Waals surface area contributed by atoms with Crippen molar-refractivity contribution in [2.24, 2.45) is 5.41 Å². The fraction of sp³-hybridized carbons (Fsp3) is 0.500. The van der Waals surface area contributed by atoms with Crippen LogP contribution in [0.15, 0.2) is 0 Å². The predicted octanol–water partition coefficient (Wildman–Crippen LogP) is 1.47. The molecule has 1 aromatic heterocycles. The van der Waals surface area contributed by atoms with Crippen LogP contribution in [0.2, 0.25) is 4.47 Å². The third-order valence-electron chi connectivity index (χ3n) is 1.59. The fourth-order valence-corrected chi connectivity index (χ4v) is 1.46. The molecular weight excluding hydrogens is 236 g/mol. The van der Waals surface area contributed by atoms with E-state index in [0.29, 0.717) is 0 Å². The van der Waals surface area contributed by atoms with Gasteiger partial charge in [-0.15, -0.1) is 10.2 Å². The van der Waals surface area contributed by atoms with E-state index in [1.165, 1.54) is 0 Å². The SMILES string of the molecule is CC(C)(C#N)CNC(=O)c1nnc(Cl)s1. The zero-order valence-corrected chi connectivity index (χ0v) is 9.82. The van der Waals surface area contributed by atoms with Crippen LogP contribution in [0.25, 0.3) is 0 Å². The molecule has 0 atom stereocenters. The molecule has 0 bridgehead atoms. The van der Waals surface area contributed by atoms with E-state index < -0.39 is 5.41 Å². The van der Waals surface area contributed by atoms with Crippen molar-refractivity contribution < 1.29 is 4.79 Å². The van der Waals surface area contributed by atoms with E-state index in [4.69, 9.17) is 16.9 Å². The van der Waals surface area contributed by atoms with Gasteiger partial charge in [-0.3, -0.25) is 4.79 Å². The van der Waals surface area contributed by atoms with Crippen molar-refractivity contribution in [3.63, 3.8) is 0 Å². The van der Waals surface area contributed by atoms with E-state index in [1.807, 2.05) is 0 Å². The molecule has 1 heterocycles. The van der Waals surface area contributed by atoms with E-state index in [-0.39, 0.29) is 21.9 Å². The largest absolute Gasteiger partial charge is 0.348 e. The van der Waals surface area contributed by atoms with Crippen LogP contribution in [0.4, 0.5) is 0 Å². The predicted molar refractivity (Wildman–Crippen MR) is 56.6 cm³/mol. The number of rotatable bonds is 3. The maximum Gasteiger partial charge on any atom is 0.282 e. The molecule has 0 saturated heterocycles. The second kappa shape index (κ2) is 4.55. The molecule has 0 spiro atoms. The van der Waals surface area contributed by atoms with Crippen LogP contribution in [0.5, 0.6) is 0 Å². The molecule has 7 heteroatoms. The summed E-state index contributed by atoms with van der Waals surface area (Å²) in [6.07, 6.45) is 0. The highest BCUT2D eigenvalue weighted by atomic mass is 35.5. The highest BCUT2D eigenvalue weighted by Gasteiger charge is 2.19. The van der Waals surface area contributed by atoms with Crippen LogP contribution < -0.4 is 5.32 Å². The summed E-state index contributed by atoms with van der Waals surface area (Å²) in [6.45, 7) is 3.74. The second-order valence-electron chi connectivity index (χ2n) is 3.54. The molecule has 0 aliphatic carbocycles. The number of nitriles is 1. The molecule has 1 amide bonds. The van der Waals surface area contributed by atoms with Crippen LogP contribution >= 0.6 is 22.9 Å². The summed E-state index contributed by atoms with van der Waals surface area (Å²) in [7, 11) is 0. The minimum Gasteiger partial charge on any atom is -0.348 e. The maximum atomic E-state index is 11.4. The number of amides is 1. The van der Waals surface area contributed by atoms with E-state index in [0.717, 1.165) is 11.3 Å². The number of halogens is 1. The molecule has 1 rings (SSSR count). The van der Waals surface area contributed by atoms with E-state index in [1.54, 1.807) is 13.8 Å². The molecule has 0 aromatic carbocycles. The highest BCUT2D eigenvalue weighted by Crippen LogP contribution is 2.15. The topological polar surface area (TPSA) is 78.7 Å². The van der Waals surface area contributed by atoms with Crippen molar-refractivity contribution in [1.82, 2.24) is 15.5 Å². The number of nitrogens with one attached hydrogen (secondary N) is 1. The number of hydrogen-bond acceptors (Lipinski definition) is 5. The average Bonchev–Trinajstić information content (AvgIpc) is 2.61. The minimum atomic E-state index is -0.593. The zero-order chi connectivity index (χ0) is 11.5. The van der Waals surface area contributed by atoms with E-state index in [9.17, 15) is 4.79 Å². The number of carbonyl (C=O) groups is 1. The van der Waals surface area contributed by atoms with Crippen LogP contribution in [0.1, 0.15) is 23.6 Å². The summed E-state index contributed by atoms with van der Waals surface area (Å²) in [5, 5.41) is 18.6. The van der Waals surface area contributed by atoms with Gasteiger partial charge < -0.3 is 5.32 Å². The monoisotopic (exact) mass is 244 g/mol. The number of carbonyl (C=O) groups excluding carboxylic acids is 1. The third kappa shape index (κ3) is 3.46. The summed E-state index contributed by atoms with van der Waals surface area (Å²) >= 11 is 6.54. The van der Waals surface area contributed by atoms with Gasteiger partial charge in [-0.05, 0) is 25.4 Å². The molecule has 5 nitrogen and oxygen atoms in total. The lowest BCUT2D eigenvalue weighted by atomic mass is 9.96. The van der Waals surface area contributed by atoms with Gasteiger partial charge in [-0.2, -0.15) is 5.26 Å². The molecule has 15 heavy (non-hydrogen) atoms. The lowest BCUT2D eigenvalue weighted by Gasteiger charge is -2.14. The normalized spacial score (nSPS) is 10.8. The Morgan fingerprint density at radius 3 is 2.80 bits per heavy atom. The van der Waals surface area contributed by atoms with Gasteiger partial charge >= 0.3 is 0 Å². The fourth-order valence-electron chi connectivity index (χ4n) is 0.713. The Labute approximate surface area is 96.1 Å². The number of nitrogens with zero attached hydrogens (tertiary/aromatic N) is 3. The standard InChI is InChI=1S/C8H9ClN4OS/c1-8(2,3-10)4-11-5(14)6-12-13-7(9)15-6/h4H2,1-2H3,(H,11,14). The summed E-state index contributed by atoms with van der Waals surface area (Å²) in [5.41, 5.74) is -0.593. The molecule has 80 valence electrons. The zero-order valence-electron chi connectivity index (χ0n) is 8.24. The lowest BCUT2D eigenvalue weighted by Crippen LogP contribution is -2.33. The van der Waals surface area contributed by atoms with Crippen molar-refractivity contribution in [3.05, 3.63) is 9.47 Å². The van der Waals surface area contributed by atoms with Crippen molar-refractivity contribution in [2.45, 2.75) is 13.8 Å². The summed E-state index contributed by atoms with van der Waals surface area (Å²) in [4.78, 5) is 11.4. The maximum absolute atomic E-state index is 11.4. The number of hydrogen-bond donors (Lipinski definition) is 1. The average molecular weight is 245 g/mol. The summed E-state index contributed by atoms with van der Waals surface area (Å²) in [5.74, 6) is -0.359. The van der Waals surface area contributed by atoms with Gasteiger partial charge in [-0.1, -0.05) is 11.3 Å². The van der Waals surface area contributed by atoms with Gasteiger partial charge in [0.15, 0.2) is 0 Å². The van der Waals surface area contributed by atoms with Crippen LogP contribution in [0.3, 0.4) is 0 Å². The van der Waals surface area contributed by atoms with Gasteiger partial charge in [0.25, 0.3) is 5.91 Å². The van der Waals surface area contributed by atoms with Crippen molar-refractivity contribution in [3.8, 4) is 6.07 Å². The van der Waals surface area contributed by atoms with E-state index in [2.05, 4.69) is 21.6 Å². The highest BCUT2D eigenvalue weighted by molar-refractivity contribution is 7.17. The Balaban J connectivity index is 2.55. The molecule has 0 saturated carbocycles. The minimum absolute atomic E-state index is 0.203. The second-order valence-corrected chi connectivity index (χ2v) is 5.10. The van der Waals surface area contributed by atoms with Crippen molar-refractivity contribution in [1.29, 1.82) is 5.26 Å². The molecule has 1 aromatic rings. The Morgan fingerprint density at radius 1 is 1.67 bits per heavy atom. The first-order valence-electron chi connectivity index (χ1n) is 4.13. The van der Waals surface area contributed by atoms with E-state index >= 15 is 0 Å². The van der Waals surface area contributed by atoms with Crippen LogP contribution in [0, 0.1) is 16.7 Å². The first-order chi connectivity index (χ1) is 6.94. The Kier molecular flexibility index (Phi) is 3.61. The lowest BCUT2D eigenvalue weighted by molar-refractivity contribution is 0.0942. The molecule has 0 aliphatic rings. The Hall–Kier alpha value is -1.19. The Morgan fingerprint density at radius 2 is 2.33 bits per heavy atom. The molecular formula is C8H9ClN4OS. The van der Waals surface area contributed by atoms with Gasteiger partial charge in [0.2, 0.25) is 9.47 Å².